The molecule has 21 heavy (non-hydrogen) atoms. The Morgan fingerprint density at radius 2 is 1.76 bits per heavy atom. The first kappa shape index (κ1) is 17.3. The maximum Gasteiger partial charge on any atom is 0.0810 e. The van der Waals surface area contributed by atoms with E-state index >= 15 is 0 Å². The van der Waals surface area contributed by atoms with Crippen LogP contribution in [0.2, 0.25) is 0 Å². The van der Waals surface area contributed by atoms with E-state index in [2.05, 4.69) is 19.2 Å². The zero-order chi connectivity index (χ0) is 15.0. The van der Waals surface area contributed by atoms with Crippen molar-refractivity contribution < 1.29 is 4.74 Å². The lowest BCUT2D eigenvalue weighted by molar-refractivity contribution is -0.0975. The van der Waals surface area contributed by atoms with Crippen LogP contribution in [0, 0.1) is 0 Å². The SMILES string of the molecule is CCCCCCC(C)OC1(CNC2CC2)CCCCCC1. The fourth-order valence-electron chi connectivity index (χ4n) is 3.67. The van der Waals surface area contributed by atoms with Crippen LogP contribution in [-0.4, -0.2) is 24.3 Å². The van der Waals surface area contributed by atoms with Crippen LogP contribution in [-0.2, 0) is 4.74 Å². The van der Waals surface area contributed by atoms with E-state index in [4.69, 9.17) is 4.74 Å². The summed E-state index contributed by atoms with van der Waals surface area (Å²) in [4.78, 5) is 0. The second kappa shape index (κ2) is 9.15. The van der Waals surface area contributed by atoms with Crippen LogP contribution in [0.3, 0.4) is 0 Å². The third-order valence-electron chi connectivity index (χ3n) is 5.22. The van der Waals surface area contributed by atoms with Crippen LogP contribution < -0.4 is 5.32 Å². The maximum absolute atomic E-state index is 6.65. The average molecular weight is 296 g/mol. The fourth-order valence-corrected chi connectivity index (χ4v) is 3.67. The molecule has 2 aliphatic rings. The van der Waals surface area contributed by atoms with E-state index in [1.54, 1.807) is 0 Å². The Kier molecular flexibility index (Phi) is 7.53. The molecular weight excluding hydrogens is 258 g/mol. The number of hydrogen-bond donors (Lipinski definition) is 1. The van der Waals surface area contributed by atoms with E-state index < -0.39 is 0 Å². The van der Waals surface area contributed by atoms with Gasteiger partial charge < -0.3 is 10.1 Å². The van der Waals surface area contributed by atoms with Gasteiger partial charge in [-0.2, -0.15) is 0 Å². The molecule has 1 unspecified atom stereocenters. The topological polar surface area (TPSA) is 21.3 Å². The van der Waals surface area contributed by atoms with Gasteiger partial charge in [-0.05, 0) is 39.0 Å². The van der Waals surface area contributed by atoms with Gasteiger partial charge in [-0.1, -0.05) is 58.3 Å². The average Bonchev–Trinajstić information content (AvgIpc) is 3.29. The smallest absolute Gasteiger partial charge is 0.0810 e. The normalized spacial score (nSPS) is 23.7. The van der Waals surface area contributed by atoms with E-state index in [1.807, 2.05) is 0 Å². The Morgan fingerprint density at radius 3 is 2.38 bits per heavy atom. The number of unbranched alkanes of at least 4 members (excludes halogenated alkanes) is 3. The summed E-state index contributed by atoms with van der Waals surface area (Å²) in [5, 5.41) is 3.75. The molecule has 0 spiro atoms. The molecule has 0 saturated heterocycles. The van der Waals surface area contributed by atoms with Gasteiger partial charge in [-0.3, -0.25) is 0 Å². The van der Waals surface area contributed by atoms with Gasteiger partial charge in [0.25, 0.3) is 0 Å². The minimum Gasteiger partial charge on any atom is -0.371 e. The summed E-state index contributed by atoms with van der Waals surface area (Å²) in [6.45, 7) is 5.68. The molecule has 1 N–H and O–H groups in total. The highest BCUT2D eigenvalue weighted by Gasteiger charge is 2.35. The van der Waals surface area contributed by atoms with E-state index in [9.17, 15) is 0 Å². The molecule has 2 rings (SSSR count). The Hall–Kier alpha value is -0.0800. The molecule has 1 atom stereocenters. The van der Waals surface area contributed by atoms with Gasteiger partial charge in [0.2, 0.25) is 0 Å². The van der Waals surface area contributed by atoms with E-state index in [0.29, 0.717) is 6.10 Å². The van der Waals surface area contributed by atoms with Crippen LogP contribution in [0.5, 0.6) is 0 Å². The van der Waals surface area contributed by atoms with E-state index in [0.717, 1.165) is 12.6 Å². The predicted octanol–water partition coefficient (Wildman–Crippen LogP) is 5.21. The monoisotopic (exact) mass is 295 g/mol. The molecule has 0 radical (unpaired) electrons. The van der Waals surface area contributed by atoms with Crippen molar-refractivity contribution in [2.45, 2.75) is 115 Å². The number of rotatable bonds is 10. The Bertz CT molecular complexity index is 267. The first-order valence-electron chi connectivity index (χ1n) is 9.65. The summed E-state index contributed by atoms with van der Waals surface area (Å²) in [6.07, 6.45) is 17.9. The van der Waals surface area contributed by atoms with E-state index in [1.165, 1.54) is 83.5 Å². The Labute approximate surface area is 132 Å². The molecule has 2 saturated carbocycles. The lowest BCUT2D eigenvalue weighted by Crippen LogP contribution is -2.45. The highest BCUT2D eigenvalue weighted by Crippen LogP contribution is 2.33. The van der Waals surface area contributed by atoms with Crippen molar-refractivity contribution >= 4 is 0 Å². The molecule has 2 heteroatoms. The Balaban J connectivity index is 1.78. The largest absolute Gasteiger partial charge is 0.371 e. The minimum atomic E-state index is 0.142. The fraction of sp³-hybridized carbons (Fsp3) is 1.00. The predicted molar refractivity (Wildman–Crippen MR) is 90.8 cm³/mol. The summed E-state index contributed by atoms with van der Waals surface area (Å²) in [5.41, 5.74) is 0.142. The van der Waals surface area contributed by atoms with Gasteiger partial charge in [0.05, 0.1) is 11.7 Å². The molecule has 0 aliphatic heterocycles. The van der Waals surface area contributed by atoms with Gasteiger partial charge in [0.15, 0.2) is 0 Å². The van der Waals surface area contributed by atoms with Crippen molar-refractivity contribution in [1.82, 2.24) is 5.32 Å². The van der Waals surface area contributed by atoms with Crippen LogP contribution >= 0.6 is 0 Å². The van der Waals surface area contributed by atoms with Crippen molar-refractivity contribution in [3.05, 3.63) is 0 Å². The lowest BCUT2D eigenvalue weighted by atomic mass is 9.93. The standard InChI is InChI=1S/C19H37NO/c1-3-4-5-8-11-17(2)21-19(16-20-18-12-13-18)14-9-6-7-10-15-19/h17-18,20H,3-16H2,1-2H3. The first-order chi connectivity index (χ1) is 10.2. The Morgan fingerprint density at radius 1 is 1.05 bits per heavy atom. The van der Waals surface area contributed by atoms with Crippen LogP contribution in [0.15, 0.2) is 0 Å². The van der Waals surface area contributed by atoms with Crippen molar-refractivity contribution in [3.8, 4) is 0 Å². The lowest BCUT2D eigenvalue weighted by Gasteiger charge is -2.36. The highest BCUT2D eigenvalue weighted by molar-refractivity contribution is 4.91. The molecule has 0 bridgehead atoms. The molecule has 2 fully saturated rings. The second-order valence-corrected chi connectivity index (χ2v) is 7.53. The third kappa shape index (κ3) is 6.69. The molecular formula is C19H37NO. The third-order valence-corrected chi connectivity index (χ3v) is 5.22. The molecule has 2 nitrogen and oxygen atoms in total. The van der Waals surface area contributed by atoms with Gasteiger partial charge in [-0.15, -0.1) is 0 Å². The molecule has 124 valence electrons. The summed E-state index contributed by atoms with van der Waals surface area (Å²) in [6, 6.07) is 0.800. The molecule has 0 heterocycles. The number of nitrogens with one attached hydrogen (secondary N) is 1. The van der Waals surface area contributed by atoms with Crippen LogP contribution in [0.4, 0.5) is 0 Å². The molecule has 2 aliphatic carbocycles. The number of ether oxygens (including phenoxy) is 1. The van der Waals surface area contributed by atoms with Gasteiger partial charge in [0.1, 0.15) is 0 Å². The minimum absolute atomic E-state index is 0.142. The van der Waals surface area contributed by atoms with Crippen molar-refractivity contribution in [2.75, 3.05) is 6.54 Å². The van der Waals surface area contributed by atoms with Crippen LogP contribution in [0.1, 0.15) is 97.3 Å². The van der Waals surface area contributed by atoms with Crippen molar-refractivity contribution in [1.29, 1.82) is 0 Å². The van der Waals surface area contributed by atoms with Crippen molar-refractivity contribution in [3.63, 3.8) is 0 Å². The van der Waals surface area contributed by atoms with E-state index in [-0.39, 0.29) is 5.60 Å². The molecule has 0 aromatic carbocycles. The van der Waals surface area contributed by atoms with Crippen LogP contribution in [0.25, 0.3) is 0 Å². The summed E-state index contributed by atoms with van der Waals surface area (Å²) in [7, 11) is 0. The maximum atomic E-state index is 6.65. The zero-order valence-electron chi connectivity index (χ0n) is 14.5. The highest BCUT2D eigenvalue weighted by atomic mass is 16.5. The zero-order valence-corrected chi connectivity index (χ0v) is 14.5. The summed E-state index contributed by atoms with van der Waals surface area (Å²) < 4.78 is 6.65. The first-order valence-corrected chi connectivity index (χ1v) is 9.65. The molecule has 0 aromatic heterocycles. The summed E-state index contributed by atoms with van der Waals surface area (Å²) in [5.74, 6) is 0. The van der Waals surface area contributed by atoms with Gasteiger partial charge in [-0.25, -0.2) is 0 Å². The summed E-state index contributed by atoms with van der Waals surface area (Å²) >= 11 is 0. The molecule has 0 amide bonds. The number of hydrogen-bond acceptors (Lipinski definition) is 2. The van der Waals surface area contributed by atoms with Gasteiger partial charge >= 0.3 is 0 Å². The quantitative estimate of drug-likeness (QED) is 0.441. The van der Waals surface area contributed by atoms with Gasteiger partial charge in [0, 0.05) is 12.6 Å². The van der Waals surface area contributed by atoms with Crippen molar-refractivity contribution in [2.24, 2.45) is 0 Å². The molecule has 0 aromatic rings. The second-order valence-electron chi connectivity index (χ2n) is 7.53.